The number of methoxy groups -OCH3 is 1. The van der Waals surface area contributed by atoms with Crippen LogP contribution >= 0.6 is 0 Å². The van der Waals surface area contributed by atoms with Crippen molar-refractivity contribution in [3.8, 4) is 0 Å². The molecule has 0 spiro atoms. The number of likely N-dealkylation sites (N-methyl/N-ethyl adjacent to an activating group) is 3. The first kappa shape index (κ1) is 28.4. The van der Waals surface area contributed by atoms with Gasteiger partial charge in [-0.1, -0.05) is 41.0 Å². The Balaban J connectivity index is 3.03. The van der Waals surface area contributed by atoms with Crippen LogP contribution in [0.4, 0.5) is 0 Å². The Kier molecular flexibility index (Phi) is 10.6. The van der Waals surface area contributed by atoms with Gasteiger partial charge in [0.1, 0.15) is 12.1 Å². The second kappa shape index (κ2) is 12.0. The van der Waals surface area contributed by atoms with Gasteiger partial charge in [-0.05, 0) is 51.7 Å². The molecule has 1 aliphatic heterocycles. The molecule has 0 aromatic rings. The molecule has 1 rings (SSSR count). The molecular weight excluding hydrogens is 408 g/mol. The molecule has 0 bridgehead atoms. The van der Waals surface area contributed by atoms with Crippen LogP contribution in [0.15, 0.2) is 0 Å². The lowest BCUT2D eigenvalue weighted by Gasteiger charge is -2.41. The van der Waals surface area contributed by atoms with Crippen molar-refractivity contribution in [2.75, 3.05) is 41.3 Å². The SMILES string of the molecule is COC(=O)C(C)N(C)C[C@H](C(C)C)N(C)C(=O)C(NC(=O)C1CCCCN1C)C(C)(C)C. The lowest BCUT2D eigenvalue weighted by atomic mass is 9.84. The molecule has 0 aromatic carbocycles. The number of ether oxygens (including phenoxy) is 1. The van der Waals surface area contributed by atoms with Gasteiger partial charge >= 0.3 is 5.97 Å². The normalized spacial score (nSPS) is 20.6. The number of nitrogens with one attached hydrogen (secondary N) is 1. The van der Waals surface area contributed by atoms with Crippen molar-refractivity contribution in [3.63, 3.8) is 0 Å². The van der Waals surface area contributed by atoms with E-state index in [2.05, 4.69) is 24.1 Å². The Labute approximate surface area is 195 Å². The number of carbonyl (C=O) groups excluding carboxylic acids is 3. The Morgan fingerprint density at radius 3 is 2.19 bits per heavy atom. The van der Waals surface area contributed by atoms with Gasteiger partial charge < -0.3 is 15.0 Å². The van der Waals surface area contributed by atoms with E-state index in [0.29, 0.717) is 6.54 Å². The number of hydrogen-bond donors (Lipinski definition) is 1. The molecule has 186 valence electrons. The van der Waals surface area contributed by atoms with E-state index in [1.165, 1.54) is 7.11 Å². The molecule has 0 aromatic heterocycles. The number of nitrogens with zero attached hydrogens (tertiary/aromatic N) is 3. The van der Waals surface area contributed by atoms with Gasteiger partial charge in [0.2, 0.25) is 11.8 Å². The van der Waals surface area contributed by atoms with Crippen LogP contribution in [0, 0.1) is 11.3 Å². The van der Waals surface area contributed by atoms with Crippen LogP contribution in [0.3, 0.4) is 0 Å². The number of esters is 1. The van der Waals surface area contributed by atoms with E-state index in [1.807, 2.05) is 39.8 Å². The Morgan fingerprint density at radius 2 is 1.72 bits per heavy atom. The van der Waals surface area contributed by atoms with Gasteiger partial charge in [0.25, 0.3) is 0 Å². The van der Waals surface area contributed by atoms with Gasteiger partial charge in [-0.15, -0.1) is 0 Å². The van der Waals surface area contributed by atoms with Gasteiger partial charge in [-0.2, -0.15) is 0 Å². The minimum absolute atomic E-state index is 0.0774. The quantitative estimate of drug-likeness (QED) is 0.537. The fourth-order valence-electron chi connectivity index (χ4n) is 4.24. The first-order chi connectivity index (χ1) is 14.7. The summed E-state index contributed by atoms with van der Waals surface area (Å²) in [4.78, 5) is 44.4. The third kappa shape index (κ3) is 7.44. The molecule has 1 heterocycles. The molecule has 1 saturated heterocycles. The maximum atomic E-state index is 13.7. The van der Waals surface area contributed by atoms with Crippen molar-refractivity contribution < 1.29 is 19.1 Å². The Bertz CT molecular complexity index is 646. The fraction of sp³-hybridized carbons (Fsp3) is 0.875. The number of likely N-dealkylation sites (tertiary alicyclic amines) is 1. The van der Waals surface area contributed by atoms with Gasteiger partial charge in [-0.3, -0.25) is 24.2 Å². The van der Waals surface area contributed by atoms with Gasteiger partial charge in [0, 0.05) is 19.6 Å². The summed E-state index contributed by atoms with van der Waals surface area (Å²) in [5, 5.41) is 3.08. The first-order valence-corrected chi connectivity index (χ1v) is 11.8. The zero-order valence-electron chi connectivity index (χ0n) is 21.9. The van der Waals surface area contributed by atoms with Crippen molar-refractivity contribution in [2.24, 2.45) is 11.3 Å². The minimum atomic E-state index is -0.639. The van der Waals surface area contributed by atoms with E-state index in [9.17, 15) is 14.4 Å². The van der Waals surface area contributed by atoms with E-state index in [1.54, 1.807) is 18.9 Å². The summed E-state index contributed by atoms with van der Waals surface area (Å²) in [5.41, 5.74) is -0.443. The molecule has 8 nitrogen and oxygen atoms in total. The highest BCUT2D eigenvalue weighted by molar-refractivity contribution is 5.90. The average molecular weight is 455 g/mol. The van der Waals surface area contributed by atoms with Crippen molar-refractivity contribution >= 4 is 17.8 Å². The van der Waals surface area contributed by atoms with Crippen LogP contribution < -0.4 is 5.32 Å². The second-order valence-electron chi connectivity index (χ2n) is 10.7. The van der Waals surface area contributed by atoms with E-state index in [0.717, 1.165) is 25.8 Å². The van der Waals surface area contributed by atoms with Crippen LogP contribution in [-0.2, 0) is 19.1 Å². The summed E-state index contributed by atoms with van der Waals surface area (Å²) in [6.45, 7) is 13.3. The Morgan fingerprint density at radius 1 is 1.12 bits per heavy atom. The summed E-state index contributed by atoms with van der Waals surface area (Å²) in [6.07, 6.45) is 2.93. The summed E-state index contributed by atoms with van der Waals surface area (Å²) < 4.78 is 4.86. The molecule has 0 radical (unpaired) electrons. The van der Waals surface area contributed by atoms with Gasteiger partial charge in [0.05, 0.1) is 13.2 Å². The topological polar surface area (TPSA) is 82.2 Å². The molecule has 32 heavy (non-hydrogen) atoms. The summed E-state index contributed by atoms with van der Waals surface area (Å²) >= 11 is 0. The maximum absolute atomic E-state index is 13.7. The highest BCUT2D eigenvalue weighted by atomic mass is 16.5. The van der Waals surface area contributed by atoms with Gasteiger partial charge in [-0.25, -0.2) is 0 Å². The predicted molar refractivity (Wildman–Crippen MR) is 127 cm³/mol. The monoisotopic (exact) mass is 454 g/mol. The van der Waals surface area contributed by atoms with E-state index in [-0.39, 0.29) is 35.8 Å². The standard InChI is InChI=1S/C24H46N4O4/c1-16(2)19(15-27(8)17(3)23(31)32-10)28(9)22(30)20(24(4,5)6)25-21(29)18-13-11-12-14-26(18)7/h16-20H,11-15H2,1-10H3,(H,25,29)/t17?,18?,19-,20?/m1/s1. The molecule has 3 unspecified atom stereocenters. The van der Waals surface area contributed by atoms with Crippen molar-refractivity contribution in [1.82, 2.24) is 20.0 Å². The van der Waals surface area contributed by atoms with Crippen LogP contribution in [0.2, 0.25) is 0 Å². The van der Waals surface area contributed by atoms with Crippen molar-refractivity contribution in [2.45, 2.75) is 85.0 Å². The van der Waals surface area contributed by atoms with Crippen molar-refractivity contribution in [1.29, 1.82) is 0 Å². The smallest absolute Gasteiger partial charge is 0.322 e. The average Bonchev–Trinajstić information content (AvgIpc) is 2.72. The van der Waals surface area contributed by atoms with Crippen LogP contribution in [-0.4, -0.2) is 98.0 Å². The third-order valence-corrected chi connectivity index (χ3v) is 6.77. The number of amides is 2. The molecule has 0 aliphatic carbocycles. The molecule has 1 fully saturated rings. The fourth-order valence-corrected chi connectivity index (χ4v) is 4.24. The van der Waals surface area contributed by atoms with E-state index in [4.69, 9.17) is 4.74 Å². The minimum Gasteiger partial charge on any atom is -0.468 e. The summed E-state index contributed by atoms with van der Waals surface area (Å²) in [6, 6.07) is -1.37. The molecule has 8 heteroatoms. The molecule has 1 N–H and O–H groups in total. The maximum Gasteiger partial charge on any atom is 0.322 e. The first-order valence-electron chi connectivity index (χ1n) is 11.8. The molecule has 4 atom stereocenters. The number of piperidine rings is 1. The van der Waals surface area contributed by atoms with Gasteiger partial charge in [0.15, 0.2) is 0 Å². The van der Waals surface area contributed by atoms with Crippen LogP contribution in [0.25, 0.3) is 0 Å². The summed E-state index contributed by atoms with van der Waals surface area (Å²) in [5.74, 6) is -0.328. The Hall–Kier alpha value is -1.67. The zero-order valence-corrected chi connectivity index (χ0v) is 21.9. The van der Waals surface area contributed by atoms with E-state index >= 15 is 0 Å². The lowest BCUT2D eigenvalue weighted by molar-refractivity contribution is -0.147. The summed E-state index contributed by atoms with van der Waals surface area (Å²) in [7, 11) is 7.00. The lowest BCUT2D eigenvalue weighted by Crippen LogP contribution is -2.61. The predicted octanol–water partition coefficient (Wildman–Crippen LogP) is 1.98. The number of rotatable bonds is 9. The number of hydrogen-bond acceptors (Lipinski definition) is 6. The third-order valence-electron chi connectivity index (χ3n) is 6.77. The number of carbonyl (C=O) groups is 3. The van der Waals surface area contributed by atoms with Crippen LogP contribution in [0.5, 0.6) is 0 Å². The molecule has 2 amide bonds. The highest BCUT2D eigenvalue weighted by Gasteiger charge is 2.39. The van der Waals surface area contributed by atoms with Crippen molar-refractivity contribution in [3.05, 3.63) is 0 Å². The van der Waals surface area contributed by atoms with E-state index < -0.39 is 17.5 Å². The largest absolute Gasteiger partial charge is 0.468 e. The van der Waals surface area contributed by atoms with Crippen LogP contribution in [0.1, 0.15) is 60.8 Å². The molecule has 0 saturated carbocycles. The zero-order chi connectivity index (χ0) is 24.8. The highest BCUT2D eigenvalue weighted by Crippen LogP contribution is 2.24. The molecular formula is C24H46N4O4. The second-order valence-corrected chi connectivity index (χ2v) is 10.7. The molecule has 1 aliphatic rings.